The maximum absolute atomic E-state index is 11.7. The van der Waals surface area contributed by atoms with Gasteiger partial charge in [0.05, 0.1) is 6.42 Å². The number of carbonyl (C=O) groups excluding carboxylic acids is 2. The zero-order chi connectivity index (χ0) is 13.8. The molecule has 102 valence electrons. The van der Waals surface area contributed by atoms with Crippen LogP contribution in [0.4, 0.5) is 4.79 Å². The fraction of sp³-hybridized carbons (Fsp3) is 0.727. The molecule has 0 saturated carbocycles. The largest absolute Gasteiger partial charge is 0.481 e. The summed E-state index contributed by atoms with van der Waals surface area (Å²) in [5, 5.41) is 11.4. The Morgan fingerprint density at radius 2 is 2.17 bits per heavy atom. The van der Waals surface area contributed by atoms with Crippen LogP contribution in [-0.2, 0) is 9.59 Å². The number of hydrogen-bond donors (Lipinski definition) is 2. The van der Waals surface area contributed by atoms with Gasteiger partial charge in [0, 0.05) is 30.8 Å². The smallest absolute Gasteiger partial charge is 0.305 e. The van der Waals surface area contributed by atoms with E-state index in [1.54, 1.807) is 18.7 Å². The van der Waals surface area contributed by atoms with E-state index >= 15 is 0 Å². The Balaban J connectivity index is 2.32. The van der Waals surface area contributed by atoms with Gasteiger partial charge in [0.15, 0.2) is 0 Å². The highest BCUT2D eigenvalue weighted by Gasteiger charge is 2.25. The van der Waals surface area contributed by atoms with Crippen LogP contribution >= 0.6 is 11.8 Å². The van der Waals surface area contributed by atoms with Crippen LogP contribution in [0, 0.1) is 0 Å². The van der Waals surface area contributed by atoms with Gasteiger partial charge in [-0.3, -0.25) is 14.4 Å². The first-order valence-electron chi connectivity index (χ1n) is 5.75. The molecule has 2 N–H and O–H groups in total. The van der Waals surface area contributed by atoms with E-state index in [0.29, 0.717) is 13.1 Å². The fourth-order valence-electron chi connectivity index (χ4n) is 1.73. The maximum atomic E-state index is 11.7. The van der Waals surface area contributed by atoms with Gasteiger partial charge in [-0.25, -0.2) is 0 Å². The molecule has 0 aromatic rings. The monoisotopic (exact) mass is 274 g/mol. The minimum atomic E-state index is -0.952. The molecule has 1 heterocycles. The summed E-state index contributed by atoms with van der Waals surface area (Å²) in [7, 11) is 0. The molecule has 7 heteroatoms. The van der Waals surface area contributed by atoms with Gasteiger partial charge in [0.2, 0.25) is 5.91 Å². The molecule has 2 amide bonds. The van der Waals surface area contributed by atoms with Crippen molar-refractivity contribution in [3.05, 3.63) is 0 Å². The summed E-state index contributed by atoms with van der Waals surface area (Å²) in [6, 6.07) is 0. The molecule has 1 aliphatic rings. The molecular formula is C11H18N2O4S. The van der Waals surface area contributed by atoms with Crippen molar-refractivity contribution in [2.45, 2.75) is 32.2 Å². The van der Waals surface area contributed by atoms with Crippen molar-refractivity contribution in [1.82, 2.24) is 10.2 Å². The molecule has 1 fully saturated rings. The number of rotatable bonds is 6. The van der Waals surface area contributed by atoms with E-state index in [-0.39, 0.29) is 24.0 Å². The van der Waals surface area contributed by atoms with E-state index in [1.165, 1.54) is 11.8 Å². The Hall–Kier alpha value is -1.24. The van der Waals surface area contributed by atoms with Crippen molar-refractivity contribution in [2.24, 2.45) is 0 Å². The van der Waals surface area contributed by atoms with Crippen LogP contribution in [0.15, 0.2) is 0 Å². The molecule has 1 saturated heterocycles. The van der Waals surface area contributed by atoms with Crippen molar-refractivity contribution in [2.75, 3.05) is 18.8 Å². The zero-order valence-electron chi connectivity index (χ0n) is 10.6. The summed E-state index contributed by atoms with van der Waals surface area (Å²) < 4.78 is 0. The second-order valence-electron chi connectivity index (χ2n) is 4.85. The molecule has 0 unspecified atom stereocenters. The number of nitrogens with zero attached hydrogens (tertiary/aromatic N) is 1. The van der Waals surface area contributed by atoms with Gasteiger partial charge >= 0.3 is 5.97 Å². The van der Waals surface area contributed by atoms with Gasteiger partial charge in [-0.05, 0) is 13.8 Å². The lowest BCUT2D eigenvalue weighted by Gasteiger charge is -2.24. The minimum Gasteiger partial charge on any atom is -0.481 e. The quantitative estimate of drug-likeness (QED) is 0.752. The summed E-state index contributed by atoms with van der Waals surface area (Å²) in [4.78, 5) is 35.2. The predicted octanol–water partition coefficient (Wildman–Crippen LogP) is 0.915. The molecule has 18 heavy (non-hydrogen) atoms. The predicted molar refractivity (Wildman–Crippen MR) is 68.5 cm³/mol. The molecule has 0 atom stereocenters. The summed E-state index contributed by atoms with van der Waals surface area (Å²) in [5.74, 6) is -0.414. The molecule has 1 aliphatic heterocycles. The summed E-state index contributed by atoms with van der Waals surface area (Å²) in [5.41, 5.74) is -0.771. The van der Waals surface area contributed by atoms with Crippen LogP contribution in [-0.4, -0.2) is 51.5 Å². The van der Waals surface area contributed by atoms with Crippen molar-refractivity contribution in [1.29, 1.82) is 0 Å². The van der Waals surface area contributed by atoms with Crippen molar-refractivity contribution < 1.29 is 19.5 Å². The third kappa shape index (κ3) is 4.95. The normalized spacial score (nSPS) is 15.9. The summed E-state index contributed by atoms with van der Waals surface area (Å²) in [6.45, 7) is 4.39. The van der Waals surface area contributed by atoms with E-state index in [9.17, 15) is 14.4 Å². The second-order valence-corrected chi connectivity index (χ2v) is 5.90. The molecule has 0 aliphatic carbocycles. The fourth-order valence-corrected chi connectivity index (χ4v) is 2.58. The minimum absolute atomic E-state index is 0.00703. The lowest BCUT2D eigenvalue weighted by molar-refractivity contribution is -0.138. The van der Waals surface area contributed by atoms with Crippen molar-refractivity contribution in [3.63, 3.8) is 0 Å². The number of amides is 2. The van der Waals surface area contributed by atoms with Crippen molar-refractivity contribution in [3.8, 4) is 0 Å². The van der Waals surface area contributed by atoms with Crippen molar-refractivity contribution >= 4 is 28.9 Å². The van der Waals surface area contributed by atoms with E-state index < -0.39 is 11.5 Å². The average molecular weight is 274 g/mol. The number of carboxylic acid groups (broad SMARTS) is 1. The van der Waals surface area contributed by atoms with Crippen LogP contribution in [0.1, 0.15) is 26.7 Å². The number of carbonyl (C=O) groups is 3. The Morgan fingerprint density at radius 3 is 2.67 bits per heavy atom. The van der Waals surface area contributed by atoms with E-state index in [2.05, 4.69) is 5.32 Å². The highest BCUT2D eigenvalue weighted by atomic mass is 32.2. The Morgan fingerprint density at radius 1 is 1.50 bits per heavy atom. The van der Waals surface area contributed by atoms with Gasteiger partial charge in [0.25, 0.3) is 5.24 Å². The van der Waals surface area contributed by atoms with Gasteiger partial charge in [-0.15, -0.1) is 0 Å². The van der Waals surface area contributed by atoms with Gasteiger partial charge in [0.1, 0.15) is 0 Å². The van der Waals surface area contributed by atoms with Crippen LogP contribution in [0.2, 0.25) is 0 Å². The number of aliphatic carboxylic acids is 1. The number of nitrogens with one attached hydrogen (secondary N) is 1. The second kappa shape index (κ2) is 6.08. The Kier molecular flexibility index (Phi) is 5.01. The highest BCUT2D eigenvalue weighted by molar-refractivity contribution is 8.13. The molecule has 0 bridgehead atoms. The van der Waals surface area contributed by atoms with Crippen LogP contribution < -0.4 is 5.32 Å². The van der Waals surface area contributed by atoms with Crippen LogP contribution in [0.5, 0.6) is 0 Å². The summed E-state index contributed by atoms with van der Waals surface area (Å²) >= 11 is 1.26. The summed E-state index contributed by atoms with van der Waals surface area (Å²) in [6.07, 6.45) is 0.0760. The first-order valence-corrected chi connectivity index (χ1v) is 6.73. The average Bonchev–Trinajstić information content (AvgIpc) is 2.58. The molecule has 6 nitrogen and oxygen atoms in total. The van der Waals surface area contributed by atoms with E-state index in [1.807, 2.05) is 0 Å². The Bertz CT molecular complexity index is 357. The number of thioether (sulfide) groups is 1. The molecule has 0 spiro atoms. The van der Waals surface area contributed by atoms with E-state index in [4.69, 9.17) is 5.11 Å². The molecular weight excluding hydrogens is 256 g/mol. The standard InChI is InChI=1S/C11H18N2O4S/c1-11(2,7-9(15)16)12-8(14)3-4-13-5-6-18-10(13)17/h3-7H2,1-2H3,(H,12,14)(H,15,16). The van der Waals surface area contributed by atoms with Gasteiger partial charge < -0.3 is 15.3 Å². The SMILES string of the molecule is CC(C)(CC(=O)O)NC(=O)CCN1CCSC1=O. The molecule has 0 radical (unpaired) electrons. The molecule has 0 aromatic heterocycles. The van der Waals surface area contributed by atoms with Crippen LogP contribution in [0.3, 0.4) is 0 Å². The lowest BCUT2D eigenvalue weighted by Crippen LogP contribution is -2.45. The zero-order valence-corrected chi connectivity index (χ0v) is 11.4. The third-order valence-corrected chi connectivity index (χ3v) is 3.42. The van der Waals surface area contributed by atoms with Gasteiger partial charge in [-0.2, -0.15) is 0 Å². The molecule has 1 rings (SSSR count). The topological polar surface area (TPSA) is 86.7 Å². The highest BCUT2D eigenvalue weighted by Crippen LogP contribution is 2.17. The van der Waals surface area contributed by atoms with Gasteiger partial charge in [-0.1, -0.05) is 11.8 Å². The first-order chi connectivity index (χ1) is 8.30. The van der Waals surface area contributed by atoms with E-state index in [0.717, 1.165) is 5.75 Å². The molecule has 0 aromatic carbocycles. The number of carboxylic acids is 1. The Labute approximate surface area is 110 Å². The lowest BCUT2D eigenvalue weighted by atomic mass is 10.0. The number of hydrogen-bond acceptors (Lipinski definition) is 4. The third-order valence-electron chi connectivity index (χ3n) is 2.52. The maximum Gasteiger partial charge on any atom is 0.305 e. The first kappa shape index (κ1) is 14.8. The van der Waals surface area contributed by atoms with Crippen LogP contribution in [0.25, 0.3) is 0 Å².